The number of nitrogens with one attached hydrogen (secondary N) is 1. The van der Waals surface area contributed by atoms with Gasteiger partial charge in [0.05, 0.1) is 15.2 Å². The number of halogens is 4. The topological polar surface area (TPSA) is 12.0 Å². The Balaban J connectivity index is 0.00000109. The summed E-state index contributed by atoms with van der Waals surface area (Å²) in [5.41, 5.74) is 2.84. The summed E-state index contributed by atoms with van der Waals surface area (Å²) in [6.07, 6.45) is 0.646. The van der Waals surface area contributed by atoms with Crippen molar-refractivity contribution in [1.29, 1.82) is 0 Å². The van der Waals surface area contributed by atoms with E-state index in [2.05, 4.69) is 34.5 Å². The van der Waals surface area contributed by atoms with E-state index >= 15 is 0 Å². The van der Waals surface area contributed by atoms with Gasteiger partial charge in [-0.3, -0.25) is 0 Å². The SMILES string of the molecule is C=C1NC(c2c(F)cc(Cl)cc2F)=C(c2ccccc2)CC1I.CC. The third-order valence-corrected chi connectivity index (χ3v) is 5.14. The van der Waals surface area contributed by atoms with Crippen LogP contribution in [0.2, 0.25) is 5.02 Å². The van der Waals surface area contributed by atoms with Gasteiger partial charge in [0.2, 0.25) is 0 Å². The second-order valence-corrected chi connectivity index (χ2v) is 7.23. The fraction of sp³-hybridized carbons (Fsp3) is 0.200. The van der Waals surface area contributed by atoms with E-state index in [1.165, 1.54) is 0 Å². The Kier molecular flexibility index (Phi) is 7.02. The molecule has 25 heavy (non-hydrogen) atoms. The van der Waals surface area contributed by atoms with Crippen LogP contribution in [0.25, 0.3) is 11.3 Å². The Hall–Kier alpha value is -1.40. The standard InChI is InChI=1S/C18H13ClF2IN.C2H6/c1-10-16(22)9-13(11-5-3-2-4-6-11)18(23-10)17-14(20)7-12(19)8-15(17)21;1-2/h2-8,16,23H,1,9H2;1-2H3. The summed E-state index contributed by atoms with van der Waals surface area (Å²) in [6, 6.07) is 11.8. The maximum Gasteiger partial charge on any atom is 0.136 e. The van der Waals surface area contributed by atoms with E-state index in [1.54, 1.807) is 0 Å². The molecule has 1 N–H and O–H groups in total. The number of alkyl halides is 1. The van der Waals surface area contributed by atoms with Gasteiger partial charge in [-0.1, -0.05) is 85.0 Å². The van der Waals surface area contributed by atoms with Crippen LogP contribution < -0.4 is 5.32 Å². The van der Waals surface area contributed by atoms with Gasteiger partial charge in [0, 0.05) is 10.7 Å². The van der Waals surface area contributed by atoms with Gasteiger partial charge in [0.25, 0.3) is 0 Å². The Labute approximate surface area is 165 Å². The van der Waals surface area contributed by atoms with Crippen molar-refractivity contribution in [2.45, 2.75) is 24.2 Å². The summed E-state index contributed by atoms with van der Waals surface area (Å²) in [4.78, 5) is 0. The van der Waals surface area contributed by atoms with E-state index in [0.29, 0.717) is 12.1 Å². The predicted molar refractivity (Wildman–Crippen MR) is 111 cm³/mol. The third kappa shape index (κ3) is 4.42. The molecule has 0 aromatic heterocycles. The zero-order valence-electron chi connectivity index (χ0n) is 14.0. The van der Waals surface area contributed by atoms with E-state index in [-0.39, 0.29) is 14.5 Å². The van der Waals surface area contributed by atoms with Crippen molar-refractivity contribution >= 4 is 45.5 Å². The van der Waals surface area contributed by atoms with E-state index in [9.17, 15) is 8.78 Å². The molecule has 132 valence electrons. The molecule has 2 aromatic carbocycles. The van der Waals surface area contributed by atoms with E-state index in [1.807, 2.05) is 44.2 Å². The average molecular weight is 474 g/mol. The smallest absolute Gasteiger partial charge is 0.136 e. The molecule has 0 saturated carbocycles. The summed E-state index contributed by atoms with van der Waals surface area (Å²) in [5.74, 6) is -1.38. The van der Waals surface area contributed by atoms with Gasteiger partial charge in [-0.05, 0) is 29.7 Å². The summed E-state index contributed by atoms with van der Waals surface area (Å²) in [7, 11) is 0. The lowest BCUT2D eigenvalue weighted by Crippen LogP contribution is -2.26. The van der Waals surface area contributed by atoms with Crippen molar-refractivity contribution < 1.29 is 8.78 Å². The minimum absolute atomic E-state index is 0.0343. The Morgan fingerprint density at radius 1 is 1.12 bits per heavy atom. The Morgan fingerprint density at radius 2 is 1.68 bits per heavy atom. The first-order valence-electron chi connectivity index (χ1n) is 8.00. The van der Waals surface area contributed by atoms with Gasteiger partial charge in [-0.25, -0.2) is 8.78 Å². The van der Waals surface area contributed by atoms with Crippen LogP contribution in [0.5, 0.6) is 0 Å². The molecule has 0 bridgehead atoms. The number of rotatable bonds is 2. The molecule has 0 amide bonds. The predicted octanol–water partition coefficient (Wildman–Crippen LogP) is 6.82. The molecule has 5 heteroatoms. The third-order valence-electron chi connectivity index (χ3n) is 3.73. The van der Waals surface area contributed by atoms with Crippen molar-refractivity contribution in [2.75, 3.05) is 0 Å². The lowest BCUT2D eigenvalue weighted by molar-refractivity contribution is 0.574. The van der Waals surface area contributed by atoms with Crippen LogP contribution in [0.4, 0.5) is 8.78 Å². The number of benzene rings is 2. The molecule has 1 aliphatic rings. The molecule has 1 heterocycles. The molecule has 1 nitrogen and oxygen atoms in total. The minimum Gasteiger partial charge on any atom is -0.358 e. The summed E-state index contributed by atoms with van der Waals surface area (Å²) < 4.78 is 28.9. The Bertz CT molecular complexity index is 780. The highest BCUT2D eigenvalue weighted by molar-refractivity contribution is 14.1. The van der Waals surface area contributed by atoms with Gasteiger partial charge < -0.3 is 5.32 Å². The Morgan fingerprint density at radius 3 is 2.24 bits per heavy atom. The lowest BCUT2D eigenvalue weighted by atomic mass is 9.91. The zero-order valence-corrected chi connectivity index (χ0v) is 17.0. The molecule has 0 aliphatic carbocycles. The van der Waals surface area contributed by atoms with Crippen LogP contribution in [0.3, 0.4) is 0 Å². The largest absolute Gasteiger partial charge is 0.358 e. The van der Waals surface area contributed by atoms with Crippen molar-refractivity contribution in [3.63, 3.8) is 0 Å². The summed E-state index contributed by atoms with van der Waals surface area (Å²) in [6.45, 7) is 7.95. The normalized spacial score (nSPS) is 16.9. The van der Waals surface area contributed by atoms with E-state index in [0.717, 1.165) is 29.0 Å². The van der Waals surface area contributed by atoms with Gasteiger partial charge in [0.1, 0.15) is 11.6 Å². The van der Waals surface area contributed by atoms with Crippen LogP contribution in [-0.4, -0.2) is 3.92 Å². The first kappa shape index (κ1) is 19.9. The van der Waals surface area contributed by atoms with E-state index in [4.69, 9.17) is 11.6 Å². The quantitative estimate of drug-likeness (QED) is 0.373. The van der Waals surface area contributed by atoms with Crippen LogP contribution in [-0.2, 0) is 0 Å². The van der Waals surface area contributed by atoms with Crippen LogP contribution in [0.1, 0.15) is 31.4 Å². The van der Waals surface area contributed by atoms with Crippen LogP contribution in [0.15, 0.2) is 54.7 Å². The van der Waals surface area contributed by atoms with E-state index < -0.39 is 11.6 Å². The molecule has 1 unspecified atom stereocenters. The monoisotopic (exact) mass is 473 g/mol. The minimum atomic E-state index is -0.689. The fourth-order valence-corrected chi connectivity index (χ4v) is 3.40. The molecule has 0 saturated heterocycles. The molecular formula is C20H19ClF2IN. The maximum absolute atomic E-state index is 14.4. The van der Waals surface area contributed by atoms with Gasteiger partial charge in [-0.2, -0.15) is 0 Å². The highest BCUT2D eigenvalue weighted by Gasteiger charge is 2.27. The molecule has 0 fully saturated rings. The van der Waals surface area contributed by atoms with Crippen molar-refractivity contribution in [2.24, 2.45) is 0 Å². The lowest BCUT2D eigenvalue weighted by Gasteiger charge is -2.28. The van der Waals surface area contributed by atoms with Crippen molar-refractivity contribution in [3.8, 4) is 0 Å². The number of hydrogen-bond acceptors (Lipinski definition) is 1. The molecular weight excluding hydrogens is 455 g/mol. The second-order valence-electron chi connectivity index (χ2n) is 5.29. The molecule has 0 spiro atoms. The molecule has 3 rings (SSSR count). The van der Waals surface area contributed by atoms with Gasteiger partial charge in [-0.15, -0.1) is 0 Å². The van der Waals surface area contributed by atoms with Crippen molar-refractivity contribution in [1.82, 2.24) is 5.32 Å². The first-order chi connectivity index (χ1) is 12.0. The van der Waals surface area contributed by atoms with Gasteiger partial charge >= 0.3 is 0 Å². The summed E-state index contributed by atoms with van der Waals surface area (Å²) in [5, 5.41) is 3.12. The molecule has 1 aliphatic heterocycles. The molecule has 2 aromatic rings. The van der Waals surface area contributed by atoms with Crippen LogP contribution in [0, 0.1) is 11.6 Å². The number of hydrogen-bond donors (Lipinski definition) is 1. The highest BCUT2D eigenvalue weighted by Crippen LogP contribution is 2.38. The first-order valence-corrected chi connectivity index (χ1v) is 9.63. The van der Waals surface area contributed by atoms with Gasteiger partial charge in [0.15, 0.2) is 0 Å². The van der Waals surface area contributed by atoms with Crippen LogP contribution >= 0.6 is 34.2 Å². The highest BCUT2D eigenvalue weighted by atomic mass is 127. The fourth-order valence-electron chi connectivity index (χ4n) is 2.61. The number of allylic oxidation sites excluding steroid dienone is 2. The van der Waals surface area contributed by atoms with Crippen molar-refractivity contribution in [3.05, 3.63) is 82.5 Å². The maximum atomic E-state index is 14.4. The zero-order chi connectivity index (χ0) is 18.6. The average Bonchev–Trinajstić information content (AvgIpc) is 2.59. The summed E-state index contributed by atoms with van der Waals surface area (Å²) >= 11 is 8.00. The second kappa shape index (κ2) is 8.81. The molecule has 1 atom stereocenters. The molecule has 0 radical (unpaired) electrons.